The first kappa shape index (κ1) is 15.0. The molecule has 0 saturated carbocycles. The van der Waals surface area contributed by atoms with Gasteiger partial charge >= 0.3 is 0 Å². The summed E-state index contributed by atoms with van der Waals surface area (Å²) in [7, 11) is 3.85. The molecule has 0 amide bonds. The maximum Gasteiger partial charge on any atom is 0.230 e. The Morgan fingerprint density at radius 1 is 1.25 bits per heavy atom. The van der Waals surface area contributed by atoms with Crippen molar-refractivity contribution >= 4 is 11.9 Å². The highest BCUT2D eigenvalue weighted by Gasteiger charge is 2.26. The Hall–Kier alpha value is -1.43. The van der Waals surface area contributed by atoms with E-state index >= 15 is 0 Å². The summed E-state index contributed by atoms with van der Waals surface area (Å²) < 4.78 is 0. The normalized spacial score (nSPS) is 23.2. The molecule has 1 N–H and O–H groups in total. The molecule has 2 rings (SSSR count). The molecule has 1 aliphatic rings. The van der Waals surface area contributed by atoms with Crippen molar-refractivity contribution in [2.75, 3.05) is 37.0 Å². The molecule has 2 atom stereocenters. The molecule has 2 unspecified atom stereocenters. The van der Waals surface area contributed by atoms with Gasteiger partial charge in [-0.1, -0.05) is 20.8 Å². The van der Waals surface area contributed by atoms with E-state index in [0.717, 1.165) is 18.8 Å². The van der Waals surface area contributed by atoms with Crippen molar-refractivity contribution in [3.8, 4) is 0 Å². The summed E-state index contributed by atoms with van der Waals surface area (Å²) in [6.45, 7) is 7.71. The second-order valence-corrected chi connectivity index (χ2v) is 6.12. The minimum absolute atomic E-state index is 0.254. The second-order valence-electron chi connectivity index (χ2n) is 6.12. The van der Waals surface area contributed by atoms with Crippen molar-refractivity contribution < 1.29 is 5.11 Å². The number of β-amino-alcohol motifs (C(OH)–C–C–N with tert-alkyl or cyclic N) is 1. The van der Waals surface area contributed by atoms with Gasteiger partial charge in [0, 0.05) is 33.1 Å². The lowest BCUT2D eigenvalue weighted by Gasteiger charge is -2.34. The van der Waals surface area contributed by atoms with E-state index in [2.05, 4.69) is 40.6 Å². The van der Waals surface area contributed by atoms with E-state index in [1.165, 1.54) is 0 Å². The van der Waals surface area contributed by atoms with Gasteiger partial charge in [-0.25, -0.2) is 0 Å². The predicted octanol–water partition coefficient (Wildman–Crippen LogP) is 1.27. The zero-order chi connectivity index (χ0) is 14.9. The number of aliphatic hydroxyl groups excluding tert-OH is 1. The highest BCUT2D eigenvalue weighted by atomic mass is 16.3. The molecule has 6 heteroatoms. The molecule has 6 nitrogen and oxygen atoms in total. The SMILES string of the molecule is CC(C)c1nc(N(C)C)nc(N2CCC(C)C(O)C2)n1. The molecule has 0 bridgehead atoms. The summed E-state index contributed by atoms with van der Waals surface area (Å²) in [5, 5.41) is 10.0. The molecule has 0 radical (unpaired) electrons. The lowest BCUT2D eigenvalue weighted by atomic mass is 9.96. The Labute approximate surface area is 120 Å². The van der Waals surface area contributed by atoms with Gasteiger partial charge in [0.1, 0.15) is 5.82 Å². The predicted molar refractivity (Wildman–Crippen MR) is 80.2 cm³/mol. The summed E-state index contributed by atoms with van der Waals surface area (Å²) in [6, 6.07) is 0. The fourth-order valence-electron chi connectivity index (χ4n) is 2.20. The van der Waals surface area contributed by atoms with Crippen LogP contribution in [0, 0.1) is 5.92 Å². The fraction of sp³-hybridized carbons (Fsp3) is 0.786. The third kappa shape index (κ3) is 3.17. The van der Waals surface area contributed by atoms with Gasteiger partial charge in [-0.15, -0.1) is 0 Å². The number of piperidine rings is 1. The molecule has 2 heterocycles. The molecule has 0 spiro atoms. The van der Waals surface area contributed by atoms with E-state index in [-0.39, 0.29) is 12.0 Å². The highest BCUT2D eigenvalue weighted by molar-refractivity contribution is 5.39. The Balaban J connectivity index is 2.30. The van der Waals surface area contributed by atoms with Crippen LogP contribution in [0.1, 0.15) is 38.9 Å². The largest absolute Gasteiger partial charge is 0.391 e. The van der Waals surface area contributed by atoms with Gasteiger partial charge in [0.2, 0.25) is 11.9 Å². The highest BCUT2D eigenvalue weighted by Crippen LogP contribution is 2.23. The van der Waals surface area contributed by atoms with E-state index in [1.54, 1.807) is 0 Å². The summed E-state index contributed by atoms with van der Waals surface area (Å²) >= 11 is 0. The van der Waals surface area contributed by atoms with Crippen molar-refractivity contribution in [1.82, 2.24) is 15.0 Å². The van der Waals surface area contributed by atoms with Gasteiger partial charge < -0.3 is 14.9 Å². The molecule has 1 aromatic heterocycles. The molecule has 112 valence electrons. The number of hydrogen-bond acceptors (Lipinski definition) is 6. The summed E-state index contributed by atoms with van der Waals surface area (Å²) in [4.78, 5) is 17.5. The van der Waals surface area contributed by atoms with Crippen LogP contribution >= 0.6 is 0 Å². The Morgan fingerprint density at radius 2 is 1.95 bits per heavy atom. The first-order valence-electron chi connectivity index (χ1n) is 7.24. The smallest absolute Gasteiger partial charge is 0.230 e. The number of anilines is 2. The third-order valence-electron chi connectivity index (χ3n) is 3.75. The van der Waals surface area contributed by atoms with E-state index in [9.17, 15) is 5.11 Å². The number of aliphatic hydroxyl groups is 1. The summed E-state index contributed by atoms with van der Waals surface area (Å²) in [6.07, 6.45) is 0.645. The molecular formula is C14H25N5O. The lowest BCUT2D eigenvalue weighted by Crippen LogP contribution is -2.44. The van der Waals surface area contributed by atoms with Crippen LogP contribution < -0.4 is 9.80 Å². The van der Waals surface area contributed by atoms with Gasteiger partial charge in [-0.2, -0.15) is 15.0 Å². The number of hydrogen-bond donors (Lipinski definition) is 1. The molecule has 1 fully saturated rings. The topological polar surface area (TPSA) is 65.4 Å². The quantitative estimate of drug-likeness (QED) is 0.899. The number of rotatable bonds is 3. The van der Waals surface area contributed by atoms with Gasteiger partial charge in [0.25, 0.3) is 0 Å². The maximum absolute atomic E-state index is 10.0. The zero-order valence-corrected chi connectivity index (χ0v) is 13.0. The van der Waals surface area contributed by atoms with Crippen LogP contribution in [0.5, 0.6) is 0 Å². The van der Waals surface area contributed by atoms with Crippen molar-refractivity contribution in [2.45, 2.75) is 39.2 Å². The molecule has 1 saturated heterocycles. The van der Waals surface area contributed by atoms with Crippen molar-refractivity contribution in [3.63, 3.8) is 0 Å². The average molecular weight is 279 g/mol. The van der Waals surface area contributed by atoms with Crippen LogP contribution in [0.4, 0.5) is 11.9 Å². The maximum atomic E-state index is 10.0. The summed E-state index contributed by atoms with van der Waals surface area (Å²) in [5.74, 6) is 2.74. The van der Waals surface area contributed by atoms with Crippen LogP contribution in [0.25, 0.3) is 0 Å². The monoisotopic (exact) mass is 279 g/mol. The van der Waals surface area contributed by atoms with Crippen molar-refractivity contribution in [3.05, 3.63) is 5.82 Å². The Bertz CT molecular complexity index is 437. The van der Waals surface area contributed by atoms with Gasteiger partial charge in [-0.3, -0.25) is 0 Å². The van der Waals surface area contributed by atoms with Crippen LogP contribution in [0.15, 0.2) is 0 Å². The Kier molecular flexibility index (Phi) is 4.42. The van der Waals surface area contributed by atoms with E-state index in [0.29, 0.717) is 24.4 Å². The standard InChI is InChI=1S/C14H25N5O/c1-9(2)12-15-13(18(4)5)17-14(16-12)19-7-6-10(3)11(20)8-19/h9-11,20H,6-8H2,1-5H3. The third-order valence-corrected chi connectivity index (χ3v) is 3.75. The molecule has 1 aromatic rings. The Morgan fingerprint density at radius 3 is 2.50 bits per heavy atom. The average Bonchev–Trinajstić information content (AvgIpc) is 2.41. The number of nitrogens with zero attached hydrogens (tertiary/aromatic N) is 5. The first-order valence-corrected chi connectivity index (χ1v) is 7.24. The first-order chi connectivity index (χ1) is 9.38. The molecule has 20 heavy (non-hydrogen) atoms. The van der Waals surface area contributed by atoms with Crippen LogP contribution in [0.3, 0.4) is 0 Å². The van der Waals surface area contributed by atoms with Crippen molar-refractivity contribution in [1.29, 1.82) is 0 Å². The van der Waals surface area contributed by atoms with Crippen molar-refractivity contribution in [2.24, 2.45) is 5.92 Å². The fourth-order valence-corrected chi connectivity index (χ4v) is 2.20. The molecule has 0 aromatic carbocycles. The van der Waals surface area contributed by atoms with Crippen LogP contribution in [0.2, 0.25) is 0 Å². The lowest BCUT2D eigenvalue weighted by molar-refractivity contribution is 0.102. The van der Waals surface area contributed by atoms with Gasteiger partial charge in [-0.05, 0) is 12.3 Å². The molecular weight excluding hydrogens is 254 g/mol. The van der Waals surface area contributed by atoms with E-state index in [1.807, 2.05) is 19.0 Å². The number of aromatic nitrogens is 3. The van der Waals surface area contributed by atoms with Gasteiger partial charge in [0.15, 0.2) is 0 Å². The molecule has 0 aliphatic carbocycles. The minimum Gasteiger partial charge on any atom is -0.391 e. The van der Waals surface area contributed by atoms with Crippen LogP contribution in [-0.2, 0) is 0 Å². The summed E-state index contributed by atoms with van der Waals surface area (Å²) in [5.41, 5.74) is 0. The van der Waals surface area contributed by atoms with Crippen LogP contribution in [-0.4, -0.2) is 53.3 Å². The zero-order valence-electron chi connectivity index (χ0n) is 13.0. The minimum atomic E-state index is -0.314. The second kappa shape index (κ2) is 5.91. The van der Waals surface area contributed by atoms with Gasteiger partial charge in [0.05, 0.1) is 6.10 Å². The molecule has 1 aliphatic heterocycles. The van der Waals surface area contributed by atoms with E-state index < -0.39 is 0 Å². The van der Waals surface area contributed by atoms with E-state index in [4.69, 9.17) is 0 Å².